The van der Waals surface area contributed by atoms with E-state index >= 15 is 0 Å². The van der Waals surface area contributed by atoms with Crippen LogP contribution >= 0.6 is 0 Å². The zero-order valence-corrected chi connectivity index (χ0v) is 8.75. The molecule has 4 heteroatoms. The quantitative estimate of drug-likeness (QED) is 0.714. The van der Waals surface area contributed by atoms with Crippen LogP contribution in [0.15, 0.2) is 0 Å². The third-order valence-corrected chi connectivity index (χ3v) is 3.36. The molecule has 0 aromatic carbocycles. The van der Waals surface area contributed by atoms with E-state index in [0.29, 0.717) is 12.8 Å². The van der Waals surface area contributed by atoms with E-state index in [1.807, 2.05) is 0 Å². The van der Waals surface area contributed by atoms with Gasteiger partial charge in [0.1, 0.15) is 5.41 Å². The molecule has 0 aliphatic heterocycles. The number of ether oxygens (including phenoxy) is 1. The fourth-order valence-corrected chi connectivity index (χ4v) is 2.20. The van der Waals surface area contributed by atoms with Gasteiger partial charge in [0.15, 0.2) is 0 Å². The van der Waals surface area contributed by atoms with Gasteiger partial charge in [0, 0.05) is 7.11 Å². The van der Waals surface area contributed by atoms with Crippen molar-refractivity contribution in [3.63, 3.8) is 0 Å². The highest BCUT2D eigenvalue weighted by Gasteiger charge is 2.53. The minimum Gasteiger partial charge on any atom is -0.481 e. The Kier molecular flexibility index (Phi) is 3.17. The number of rotatable bonds is 4. The Bertz CT molecular complexity index is 220. The Labute approximate surface area is 83.9 Å². The molecule has 1 atom stereocenters. The van der Waals surface area contributed by atoms with Crippen LogP contribution in [0.3, 0.4) is 0 Å². The molecular formula is C10H18O4. The molecule has 0 bridgehead atoms. The average Bonchev–Trinajstić information content (AvgIpc) is 2.53. The molecule has 14 heavy (non-hydrogen) atoms. The zero-order chi connectivity index (χ0) is 10.8. The predicted octanol–water partition coefficient (Wildman–Crippen LogP) is 1.03. The van der Waals surface area contributed by atoms with Crippen LogP contribution in [0, 0.1) is 5.41 Å². The number of carbonyl (C=O) groups is 1. The summed E-state index contributed by atoms with van der Waals surface area (Å²) in [4.78, 5) is 11.2. The van der Waals surface area contributed by atoms with Crippen molar-refractivity contribution in [2.75, 3.05) is 13.7 Å². The second-order valence-electron chi connectivity index (χ2n) is 4.31. The Morgan fingerprint density at radius 1 is 1.50 bits per heavy atom. The van der Waals surface area contributed by atoms with Gasteiger partial charge in [-0.2, -0.15) is 0 Å². The molecule has 1 unspecified atom stereocenters. The first kappa shape index (κ1) is 11.5. The van der Waals surface area contributed by atoms with Gasteiger partial charge >= 0.3 is 5.97 Å². The summed E-state index contributed by atoms with van der Waals surface area (Å²) < 4.78 is 4.91. The van der Waals surface area contributed by atoms with E-state index in [2.05, 4.69) is 0 Å². The monoisotopic (exact) mass is 202 g/mol. The van der Waals surface area contributed by atoms with Crippen LogP contribution in [-0.4, -0.2) is 35.5 Å². The summed E-state index contributed by atoms with van der Waals surface area (Å²) >= 11 is 0. The lowest BCUT2D eigenvalue weighted by Gasteiger charge is -2.38. The largest absolute Gasteiger partial charge is 0.481 e. The van der Waals surface area contributed by atoms with Crippen molar-refractivity contribution < 1.29 is 19.7 Å². The molecule has 1 fully saturated rings. The molecule has 4 nitrogen and oxygen atoms in total. The lowest BCUT2D eigenvalue weighted by atomic mass is 9.72. The summed E-state index contributed by atoms with van der Waals surface area (Å²) in [6.45, 7) is 1.61. The van der Waals surface area contributed by atoms with Crippen LogP contribution in [0.25, 0.3) is 0 Å². The van der Waals surface area contributed by atoms with Gasteiger partial charge < -0.3 is 14.9 Å². The van der Waals surface area contributed by atoms with Gasteiger partial charge in [0.05, 0.1) is 12.2 Å². The van der Waals surface area contributed by atoms with Gasteiger partial charge in [-0.05, 0) is 19.8 Å². The molecule has 1 aliphatic carbocycles. The van der Waals surface area contributed by atoms with E-state index < -0.39 is 17.0 Å². The lowest BCUT2D eigenvalue weighted by molar-refractivity contribution is -0.174. The van der Waals surface area contributed by atoms with Crippen molar-refractivity contribution in [1.82, 2.24) is 0 Å². The highest BCUT2D eigenvalue weighted by molar-refractivity contribution is 5.76. The predicted molar refractivity (Wildman–Crippen MR) is 51.0 cm³/mol. The van der Waals surface area contributed by atoms with E-state index in [4.69, 9.17) is 9.84 Å². The molecule has 0 radical (unpaired) electrons. The van der Waals surface area contributed by atoms with Gasteiger partial charge in [-0.15, -0.1) is 0 Å². The molecule has 0 amide bonds. The maximum atomic E-state index is 11.2. The summed E-state index contributed by atoms with van der Waals surface area (Å²) in [5, 5.41) is 19.4. The van der Waals surface area contributed by atoms with Crippen LogP contribution in [0.1, 0.15) is 32.6 Å². The maximum Gasteiger partial charge on any atom is 0.314 e. The van der Waals surface area contributed by atoms with Crippen molar-refractivity contribution in [2.45, 2.75) is 38.2 Å². The van der Waals surface area contributed by atoms with Gasteiger partial charge in [0.25, 0.3) is 0 Å². The molecule has 0 aromatic heterocycles. The van der Waals surface area contributed by atoms with E-state index in [0.717, 1.165) is 12.8 Å². The number of hydrogen-bond acceptors (Lipinski definition) is 3. The molecule has 1 rings (SSSR count). The topological polar surface area (TPSA) is 66.8 Å². The third-order valence-electron chi connectivity index (χ3n) is 3.36. The van der Waals surface area contributed by atoms with Crippen molar-refractivity contribution in [2.24, 2.45) is 5.41 Å². The zero-order valence-electron chi connectivity index (χ0n) is 8.75. The minimum absolute atomic E-state index is 0.0544. The Morgan fingerprint density at radius 3 is 2.36 bits per heavy atom. The van der Waals surface area contributed by atoms with Gasteiger partial charge in [-0.3, -0.25) is 4.79 Å². The third kappa shape index (κ3) is 1.64. The van der Waals surface area contributed by atoms with E-state index in [1.165, 1.54) is 7.11 Å². The number of methoxy groups -OCH3 is 1. The summed E-state index contributed by atoms with van der Waals surface area (Å²) in [6, 6.07) is 0. The maximum absolute atomic E-state index is 11.2. The molecule has 0 aromatic rings. The molecule has 0 saturated heterocycles. The summed E-state index contributed by atoms with van der Waals surface area (Å²) in [5.74, 6) is -0.983. The molecular weight excluding hydrogens is 184 g/mol. The molecule has 0 spiro atoms. The second-order valence-corrected chi connectivity index (χ2v) is 4.31. The second kappa shape index (κ2) is 3.87. The van der Waals surface area contributed by atoms with Crippen molar-refractivity contribution in [1.29, 1.82) is 0 Å². The Hall–Kier alpha value is -0.610. The van der Waals surface area contributed by atoms with Crippen LogP contribution in [0.4, 0.5) is 0 Å². The fraction of sp³-hybridized carbons (Fsp3) is 0.900. The van der Waals surface area contributed by atoms with Gasteiger partial charge in [-0.1, -0.05) is 12.8 Å². The van der Waals surface area contributed by atoms with E-state index in [-0.39, 0.29) is 6.61 Å². The summed E-state index contributed by atoms with van der Waals surface area (Å²) in [6.07, 6.45) is 2.89. The molecule has 82 valence electrons. The first-order chi connectivity index (χ1) is 6.46. The van der Waals surface area contributed by atoms with Crippen LogP contribution in [0.5, 0.6) is 0 Å². The Morgan fingerprint density at radius 2 is 2.00 bits per heavy atom. The number of carboxylic acids is 1. The van der Waals surface area contributed by atoms with Gasteiger partial charge in [-0.25, -0.2) is 0 Å². The average molecular weight is 202 g/mol. The van der Waals surface area contributed by atoms with Crippen LogP contribution < -0.4 is 0 Å². The van der Waals surface area contributed by atoms with Crippen molar-refractivity contribution in [3.8, 4) is 0 Å². The Balaban J connectivity index is 2.91. The molecule has 1 aliphatic rings. The van der Waals surface area contributed by atoms with Crippen LogP contribution in [0.2, 0.25) is 0 Å². The summed E-state index contributed by atoms with van der Waals surface area (Å²) in [5.41, 5.74) is -2.28. The number of hydrogen-bond donors (Lipinski definition) is 2. The highest BCUT2D eigenvalue weighted by atomic mass is 16.5. The van der Waals surface area contributed by atoms with Gasteiger partial charge in [0.2, 0.25) is 0 Å². The number of aliphatic carboxylic acids is 1. The molecule has 0 heterocycles. The fourth-order valence-electron chi connectivity index (χ4n) is 2.20. The smallest absolute Gasteiger partial charge is 0.314 e. The molecule has 1 saturated carbocycles. The standard InChI is InChI=1S/C10H18O4/c1-9(7-14-2,8(11)12)10(13)5-3-4-6-10/h13H,3-7H2,1-2H3,(H,11,12). The lowest BCUT2D eigenvalue weighted by Crippen LogP contribution is -2.52. The van der Waals surface area contributed by atoms with Crippen molar-refractivity contribution >= 4 is 5.97 Å². The SMILES string of the molecule is COCC(C)(C(=O)O)C1(O)CCCC1. The highest BCUT2D eigenvalue weighted by Crippen LogP contribution is 2.44. The normalized spacial score (nSPS) is 24.5. The number of aliphatic hydroxyl groups is 1. The van der Waals surface area contributed by atoms with E-state index in [1.54, 1.807) is 6.92 Å². The minimum atomic E-state index is -1.18. The van der Waals surface area contributed by atoms with Crippen LogP contribution in [-0.2, 0) is 9.53 Å². The summed E-state index contributed by atoms with van der Waals surface area (Å²) in [7, 11) is 1.46. The van der Waals surface area contributed by atoms with Crippen molar-refractivity contribution in [3.05, 3.63) is 0 Å². The number of carboxylic acid groups (broad SMARTS) is 1. The molecule has 2 N–H and O–H groups in total. The first-order valence-corrected chi connectivity index (χ1v) is 4.91. The first-order valence-electron chi connectivity index (χ1n) is 4.91. The van der Waals surface area contributed by atoms with E-state index in [9.17, 15) is 9.90 Å².